The molecule has 0 heterocycles. The molecule has 4 rings (SSSR count). The van der Waals surface area contributed by atoms with Gasteiger partial charge in [0, 0.05) is 0 Å². The monoisotopic (exact) mass is 723 g/mol. The Balaban J connectivity index is 1.54. The summed E-state index contributed by atoms with van der Waals surface area (Å²) >= 11 is 9.19. The maximum Gasteiger partial charge on any atom is 0.417 e. The average molecular weight is 725 g/mol. The predicted octanol–water partition coefficient (Wildman–Crippen LogP) is 7.36. The van der Waals surface area contributed by atoms with Crippen LogP contribution < -0.4 is 19.2 Å². The highest BCUT2D eigenvalue weighted by atomic mass is 79.9. The number of hydrogen-bond acceptors (Lipinski definition) is 6. The molecule has 14 heteroatoms. The molecule has 0 atom stereocenters. The lowest BCUT2D eigenvalue weighted by Crippen LogP contribution is -2.39. The SMILES string of the molecule is COc1cc(/C=N\NC(=O)CN(c2ccc(Cl)c(C(F)(F)F)c2)S(=O)(=O)c2ccccc2)cc(Br)c1OCc1ccc(C)cc1. The van der Waals surface area contributed by atoms with Crippen LogP contribution >= 0.6 is 27.5 Å². The van der Waals surface area contributed by atoms with Crippen molar-refractivity contribution in [3.05, 3.63) is 117 Å². The summed E-state index contributed by atoms with van der Waals surface area (Å²) < 4.78 is 80.2. The molecule has 0 radical (unpaired) electrons. The number of alkyl halides is 3. The van der Waals surface area contributed by atoms with Crippen LogP contribution in [0.4, 0.5) is 18.9 Å². The molecular weight excluding hydrogens is 699 g/mol. The predicted molar refractivity (Wildman–Crippen MR) is 169 cm³/mol. The number of sulfonamides is 1. The number of halogens is 5. The van der Waals surface area contributed by atoms with E-state index in [0.717, 1.165) is 23.3 Å². The molecule has 8 nitrogen and oxygen atoms in total. The summed E-state index contributed by atoms with van der Waals surface area (Å²) in [7, 11) is -3.01. The van der Waals surface area contributed by atoms with E-state index in [1.165, 1.54) is 37.6 Å². The van der Waals surface area contributed by atoms with Gasteiger partial charge in [-0.1, -0.05) is 59.6 Å². The molecular formula is C31H26BrClF3N3O5S. The van der Waals surface area contributed by atoms with Crippen LogP contribution in [0.3, 0.4) is 0 Å². The van der Waals surface area contributed by atoms with Crippen molar-refractivity contribution in [3.8, 4) is 11.5 Å². The van der Waals surface area contributed by atoms with Gasteiger partial charge < -0.3 is 9.47 Å². The number of benzene rings is 4. The average Bonchev–Trinajstić information content (AvgIpc) is 3.00. The molecule has 0 aliphatic carbocycles. The Hall–Kier alpha value is -4.07. The van der Waals surface area contributed by atoms with E-state index in [1.807, 2.05) is 31.2 Å². The van der Waals surface area contributed by atoms with Gasteiger partial charge in [-0.15, -0.1) is 0 Å². The summed E-state index contributed by atoms with van der Waals surface area (Å²) in [5.74, 6) is -0.0897. The first kappa shape index (κ1) is 33.8. The number of anilines is 1. The fraction of sp³-hybridized carbons (Fsp3) is 0.161. The van der Waals surface area contributed by atoms with Gasteiger partial charge in [0.15, 0.2) is 11.5 Å². The summed E-state index contributed by atoms with van der Waals surface area (Å²) in [5.41, 5.74) is 3.13. The van der Waals surface area contributed by atoms with Crippen LogP contribution in [0.5, 0.6) is 11.5 Å². The lowest BCUT2D eigenvalue weighted by molar-refractivity contribution is -0.137. The first-order valence-electron chi connectivity index (χ1n) is 13.1. The van der Waals surface area contributed by atoms with Crippen LogP contribution in [0.15, 0.2) is 99.4 Å². The summed E-state index contributed by atoms with van der Waals surface area (Å²) in [4.78, 5) is 12.7. The van der Waals surface area contributed by atoms with Gasteiger partial charge in [-0.25, -0.2) is 13.8 Å². The maximum atomic E-state index is 13.6. The molecule has 0 aliphatic heterocycles. The number of rotatable bonds is 11. The molecule has 0 aliphatic rings. The van der Waals surface area contributed by atoms with Crippen molar-refractivity contribution < 1.29 is 35.9 Å². The zero-order valence-corrected chi connectivity index (χ0v) is 27.0. The van der Waals surface area contributed by atoms with Crippen molar-refractivity contribution in [2.45, 2.75) is 24.6 Å². The van der Waals surface area contributed by atoms with Crippen molar-refractivity contribution in [2.75, 3.05) is 18.0 Å². The minimum atomic E-state index is -4.86. The highest BCUT2D eigenvalue weighted by molar-refractivity contribution is 9.10. The van der Waals surface area contributed by atoms with E-state index in [-0.39, 0.29) is 4.90 Å². The van der Waals surface area contributed by atoms with Gasteiger partial charge >= 0.3 is 6.18 Å². The number of nitrogens with one attached hydrogen (secondary N) is 1. The second kappa shape index (κ2) is 14.4. The maximum absolute atomic E-state index is 13.6. The van der Waals surface area contributed by atoms with Gasteiger partial charge in [-0.3, -0.25) is 9.10 Å². The smallest absolute Gasteiger partial charge is 0.417 e. The topological polar surface area (TPSA) is 97.3 Å². The van der Waals surface area contributed by atoms with Crippen LogP contribution in [-0.4, -0.2) is 34.2 Å². The van der Waals surface area contributed by atoms with Gasteiger partial charge in [0.05, 0.1) is 39.0 Å². The Morgan fingerprint density at radius 2 is 1.73 bits per heavy atom. The second-order valence-corrected chi connectivity index (χ2v) is 12.7. The zero-order valence-electron chi connectivity index (χ0n) is 23.8. The van der Waals surface area contributed by atoms with E-state index in [0.29, 0.717) is 38.5 Å². The van der Waals surface area contributed by atoms with Crippen LogP contribution in [0, 0.1) is 6.92 Å². The van der Waals surface area contributed by atoms with Crippen molar-refractivity contribution in [2.24, 2.45) is 5.10 Å². The van der Waals surface area contributed by atoms with Gasteiger partial charge in [-0.2, -0.15) is 18.3 Å². The number of methoxy groups -OCH3 is 1. The molecule has 0 aromatic heterocycles. The van der Waals surface area contributed by atoms with E-state index in [9.17, 15) is 26.4 Å². The molecule has 0 saturated carbocycles. The number of hydrogen-bond donors (Lipinski definition) is 1. The van der Waals surface area contributed by atoms with Crippen molar-refractivity contribution >= 4 is 55.4 Å². The summed E-state index contributed by atoms with van der Waals surface area (Å²) in [6, 6.07) is 20.7. The lowest BCUT2D eigenvalue weighted by Gasteiger charge is -2.24. The standard InChI is InChI=1S/C31H26BrClF3N3O5S/c1-20-8-10-21(11-9-20)19-44-30-26(32)14-22(15-28(30)43-2)17-37-38-29(40)18-39(45(41,42)24-6-4-3-5-7-24)23-12-13-27(33)25(16-23)31(34,35)36/h3-17H,18-19H2,1-2H3,(H,38,40)/b37-17-. The van der Waals surface area contributed by atoms with Gasteiger partial charge in [0.25, 0.3) is 15.9 Å². The molecule has 4 aromatic rings. The third-order valence-electron chi connectivity index (χ3n) is 6.32. The third-order valence-corrected chi connectivity index (χ3v) is 9.03. The van der Waals surface area contributed by atoms with Crippen LogP contribution in [0.25, 0.3) is 0 Å². The van der Waals surface area contributed by atoms with Crippen molar-refractivity contribution in [3.63, 3.8) is 0 Å². The first-order valence-corrected chi connectivity index (χ1v) is 15.7. The lowest BCUT2D eigenvalue weighted by atomic mass is 10.2. The quantitative estimate of drug-likeness (QED) is 0.129. The Labute approximate surface area is 271 Å². The number of carbonyl (C=O) groups is 1. The van der Waals surface area contributed by atoms with E-state index in [1.54, 1.807) is 18.2 Å². The zero-order chi connectivity index (χ0) is 32.8. The molecule has 0 saturated heterocycles. The fourth-order valence-electron chi connectivity index (χ4n) is 4.06. The number of nitrogens with zero attached hydrogens (tertiary/aromatic N) is 2. The molecule has 0 fully saturated rings. The molecule has 45 heavy (non-hydrogen) atoms. The number of carbonyl (C=O) groups excluding carboxylic acids is 1. The van der Waals surface area contributed by atoms with Crippen LogP contribution in [-0.2, 0) is 27.6 Å². The molecule has 4 aromatic carbocycles. The van der Waals surface area contributed by atoms with E-state index < -0.39 is 44.9 Å². The third kappa shape index (κ3) is 8.56. The Bertz CT molecular complexity index is 1810. The summed E-state index contributed by atoms with van der Waals surface area (Å²) in [6.45, 7) is 1.40. The first-order chi connectivity index (χ1) is 21.3. The number of ether oxygens (including phenoxy) is 2. The normalized spacial score (nSPS) is 11.8. The Kier molecular flexibility index (Phi) is 10.8. The highest BCUT2D eigenvalue weighted by Gasteiger charge is 2.35. The minimum Gasteiger partial charge on any atom is -0.493 e. The molecule has 1 amide bonds. The van der Waals surface area contributed by atoms with Crippen molar-refractivity contribution in [1.82, 2.24) is 5.43 Å². The Morgan fingerprint density at radius 3 is 2.38 bits per heavy atom. The van der Waals surface area contributed by atoms with E-state index in [4.69, 9.17) is 21.1 Å². The van der Waals surface area contributed by atoms with Gasteiger partial charge in [0.2, 0.25) is 0 Å². The van der Waals surface area contributed by atoms with Crippen LogP contribution in [0.1, 0.15) is 22.3 Å². The summed E-state index contributed by atoms with van der Waals surface area (Å²) in [5, 5.41) is 3.28. The van der Waals surface area contributed by atoms with Gasteiger partial charge in [0.1, 0.15) is 13.2 Å². The fourth-order valence-corrected chi connectivity index (χ4v) is 6.29. The van der Waals surface area contributed by atoms with E-state index >= 15 is 0 Å². The highest BCUT2D eigenvalue weighted by Crippen LogP contribution is 2.38. The number of amides is 1. The molecule has 1 N–H and O–H groups in total. The summed E-state index contributed by atoms with van der Waals surface area (Å²) in [6.07, 6.45) is -3.58. The van der Waals surface area contributed by atoms with E-state index in [2.05, 4.69) is 26.5 Å². The number of hydrazone groups is 1. The van der Waals surface area contributed by atoms with Crippen LogP contribution in [0.2, 0.25) is 5.02 Å². The van der Waals surface area contributed by atoms with Gasteiger partial charge in [-0.05, 0) is 76.4 Å². The number of aryl methyl sites for hydroxylation is 1. The minimum absolute atomic E-state index is 0.230. The second-order valence-electron chi connectivity index (χ2n) is 9.59. The molecule has 0 unspecified atom stereocenters. The molecule has 236 valence electrons. The molecule has 0 spiro atoms. The largest absolute Gasteiger partial charge is 0.493 e. The van der Waals surface area contributed by atoms with Crippen molar-refractivity contribution in [1.29, 1.82) is 0 Å². The molecule has 0 bridgehead atoms. The Morgan fingerprint density at radius 1 is 1.04 bits per heavy atom.